The molecule has 0 saturated heterocycles. The van der Waals surface area contributed by atoms with Crippen LogP contribution < -0.4 is 5.73 Å². The quantitative estimate of drug-likeness (QED) is 0.781. The highest BCUT2D eigenvalue weighted by atomic mass is 16.3. The van der Waals surface area contributed by atoms with Gasteiger partial charge in [-0.15, -0.1) is 0 Å². The van der Waals surface area contributed by atoms with Crippen molar-refractivity contribution in [3.63, 3.8) is 0 Å². The highest BCUT2D eigenvalue weighted by Gasteiger charge is 2.10. The molecule has 3 rings (SSSR count). The number of nitrogens with two attached hydrogens (primary N) is 1. The number of furan rings is 2. The van der Waals surface area contributed by atoms with E-state index in [9.17, 15) is 0 Å². The summed E-state index contributed by atoms with van der Waals surface area (Å²) in [5.41, 5.74) is 8.79. The van der Waals surface area contributed by atoms with Crippen molar-refractivity contribution < 1.29 is 8.83 Å². The summed E-state index contributed by atoms with van der Waals surface area (Å²) in [6.45, 7) is 1.42. The summed E-state index contributed by atoms with van der Waals surface area (Å²) >= 11 is 0. The molecule has 3 aromatic rings. The zero-order chi connectivity index (χ0) is 14.8. The molecular weight excluding hydrogens is 264 g/mol. The van der Waals surface area contributed by atoms with Gasteiger partial charge in [-0.3, -0.25) is 0 Å². The van der Waals surface area contributed by atoms with E-state index in [0.717, 1.165) is 41.0 Å². The van der Waals surface area contributed by atoms with Gasteiger partial charge < -0.3 is 19.5 Å². The molecule has 0 radical (unpaired) electrons. The second kappa shape index (κ2) is 5.76. The highest BCUT2D eigenvalue weighted by Crippen LogP contribution is 2.29. The van der Waals surface area contributed by atoms with Gasteiger partial charge in [-0.2, -0.15) is 0 Å². The lowest BCUT2D eigenvalue weighted by Crippen LogP contribution is -2.14. The fraction of sp³-hybridized carbons (Fsp3) is 0.294. The van der Waals surface area contributed by atoms with Crippen molar-refractivity contribution in [3.8, 4) is 11.3 Å². The van der Waals surface area contributed by atoms with Gasteiger partial charge in [-0.05, 0) is 56.4 Å². The Balaban J connectivity index is 1.96. The Morgan fingerprint density at radius 3 is 2.71 bits per heavy atom. The van der Waals surface area contributed by atoms with Crippen LogP contribution in [0.3, 0.4) is 0 Å². The van der Waals surface area contributed by atoms with Crippen LogP contribution in [0.25, 0.3) is 22.3 Å². The maximum absolute atomic E-state index is 5.72. The van der Waals surface area contributed by atoms with Crippen LogP contribution >= 0.6 is 0 Å². The van der Waals surface area contributed by atoms with Crippen molar-refractivity contribution in [2.75, 3.05) is 20.6 Å². The van der Waals surface area contributed by atoms with E-state index in [0.29, 0.717) is 6.54 Å². The second-order valence-electron chi connectivity index (χ2n) is 5.50. The van der Waals surface area contributed by atoms with Crippen molar-refractivity contribution in [1.29, 1.82) is 0 Å². The lowest BCUT2D eigenvalue weighted by atomic mass is 10.1. The van der Waals surface area contributed by atoms with Crippen molar-refractivity contribution in [1.82, 2.24) is 4.90 Å². The van der Waals surface area contributed by atoms with Gasteiger partial charge in [0.15, 0.2) is 0 Å². The highest BCUT2D eigenvalue weighted by molar-refractivity contribution is 5.85. The van der Waals surface area contributed by atoms with E-state index >= 15 is 0 Å². The normalized spacial score (nSPS) is 11.6. The minimum absolute atomic E-state index is 0.419. The Bertz CT molecular complexity index is 740. The molecule has 0 saturated carbocycles. The van der Waals surface area contributed by atoms with E-state index in [2.05, 4.69) is 25.1 Å². The first-order chi connectivity index (χ1) is 10.2. The second-order valence-corrected chi connectivity index (χ2v) is 5.50. The summed E-state index contributed by atoms with van der Waals surface area (Å²) in [7, 11) is 4.15. The van der Waals surface area contributed by atoms with E-state index < -0.39 is 0 Å². The molecule has 0 aliphatic rings. The van der Waals surface area contributed by atoms with Crippen LogP contribution in [0.15, 0.2) is 45.4 Å². The molecule has 0 aliphatic carbocycles. The summed E-state index contributed by atoms with van der Waals surface area (Å²) in [6, 6.07) is 10.0. The zero-order valence-corrected chi connectivity index (χ0v) is 12.4. The fourth-order valence-corrected chi connectivity index (χ4v) is 2.42. The molecule has 110 valence electrons. The summed E-state index contributed by atoms with van der Waals surface area (Å²) in [5, 5.41) is 1.15. The standard InChI is InChI=1S/C17H20N2O2/c1-19(2)8-7-13-11-20-17-5-3-12(9-15(13)17)16-6-4-14(10-18)21-16/h3-6,9,11H,7-8,10,18H2,1-2H3. The topological polar surface area (TPSA) is 55.5 Å². The summed E-state index contributed by atoms with van der Waals surface area (Å²) in [4.78, 5) is 2.17. The summed E-state index contributed by atoms with van der Waals surface area (Å²) in [6.07, 6.45) is 2.82. The molecular formula is C17H20N2O2. The van der Waals surface area contributed by atoms with Gasteiger partial charge in [0, 0.05) is 17.5 Å². The molecule has 4 nitrogen and oxygen atoms in total. The minimum atomic E-state index is 0.419. The smallest absolute Gasteiger partial charge is 0.134 e. The molecule has 0 atom stereocenters. The van der Waals surface area contributed by atoms with E-state index in [1.807, 2.05) is 30.5 Å². The molecule has 2 heterocycles. The van der Waals surface area contributed by atoms with Crippen LogP contribution in [0.4, 0.5) is 0 Å². The third kappa shape index (κ3) is 2.86. The first kappa shape index (κ1) is 13.9. The van der Waals surface area contributed by atoms with Gasteiger partial charge in [-0.1, -0.05) is 0 Å². The van der Waals surface area contributed by atoms with Crippen LogP contribution in [-0.2, 0) is 13.0 Å². The molecule has 0 spiro atoms. The van der Waals surface area contributed by atoms with Crippen LogP contribution in [-0.4, -0.2) is 25.5 Å². The van der Waals surface area contributed by atoms with Gasteiger partial charge >= 0.3 is 0 Å². The van der Waals surface area contributed by atoms with Gasteiger partial charge in [0.1, 0.15) is 17.1 Å². The molecule has 0 bridgehead atoms. The molecule has 0 unspecified atom stereocenters. The third-order valence-electron chi connectivity index (χ3n) is 3.63. The van der Waals surface area contributed by atoms with Gasteiger partial charge in [-0.25, -0.2) is 0 Å². The molecule has 21 heavy (non-hydrogen) atoms. The van der Waals surface area contributed by atoms with Gasteiger partial charge in [0.2, 0.25) is 0 Å². The van der Waals surface area contributed by atoms with Crippen molar-refractivity contribution in [2.24, 2.45) is 5.73 Å². The Labute approximate surface area is 124 Å². The van der Waals surface area contributed by atoms with E-state index in [1.54, 1.807) is 0 Å². The molecule has 2 aromatic heterocycles. The predicted octanol–water partition coefficient (Wildman–Crippen LogP) is 3.26. The third-order valence-corrected chi connectivity index (χ3v) is 3.63. The average Bonchev–Trinajstić information content (AvgIpc) is 3.11. The van der Waals surface area contributed by atoms with Crippen LogP contribution in [0, 0.1) is 0 Å². The first-order valence-electron chi connectivity index (χ1n) is 7.11. The predicted molar refractivity (Wildman–Crippen MR) is 84.1 cm³/mol. The SMILES string of the molecule is CN(C)CCc1coc2ccc(-c3ccc(CN)o3)cc12. The van der Waals surface area contributed by atoms with E-state index in [-0.39, 0.29) is 0 Å². The summed E-state index contributed by atoms with van der Waals surface area (Å²) < 4.78 is 11.3. The molecule has 0 amide bonds. The van der Waals surface area contributed by atoms with E-state index in [1.165, 1.54) is 5.56 Å². The Hall–Kier alpha value is -2.04. The Morgan fingerprint density at radius 1 is 1.14 bits per heavy atom. The molecule has 1 aromatic carbocycles. The monoisotopic (exact) mass is 284 g/mol. The van der Waals surface area contributed by atoms with E-state index in [4.69, 9.17) is 14.6 Å². The van der Waals surface area contributed by atoms with Crippen molar-refractivity contribution in [3.05, 3.63) is 47.9 Å². The first-order valence-corrected chi connectivity index (χ1v) is 7.11. The minimum Gasteiger partial charge on any atom is -0.464 e. The number of fused-ring (bicyclic) bond motifs is 1. The summed E-state index contributed by atoms with van der Waals surface area (Å²) in [5.74, 6) is 1.64. The Morgan fingerprint density at radius 2 is 2.00 bits per heavy atom. The largest absolute Gasteiger partial charge is 0.464 e. The average molecular weight is 284 g/mol. The van der Waals surface area contributed by atoms with Crippen molar-refractivity contribution >= 4 is 11.0 Å². The number of benzene rings is 1. The fourth-order valence-electron chi connectivity index (χ4n) is 2.42. The van der Waals surface area contributed by atoms with Crippen LogP contribution in [0.5, 0.6) is 0 Å². The van der Waals surface area contributed by atoms with Crippen molar-refractivity contribution in [2.45, 2.75) is 13.0 Å². The number of likely N-dealkylation sites (N-methyl/N-ethyl adjacent to an activating group) is 1. The molecule has 2 N–H and O–H groups in total. The number of hydrogen-bond acceptors (Lipinski definition) is 4. The van der Waals surface area contributed by atoms with Gasteiger partial charge in [0.25, 0.3) is 0 Å². The Kier molecular flexibility index (Phi) is 3.82. The molecule has 0 aliphatic heterocycles. The van der Waals surface area contributed by atoms with Crippen LogP contribution in [0.1, 0.15) is 11.3 Å². The zero-order valence-electron chi connectivity index (χ0n) is 12.4. The number of rotatable bonds is 5. The number of hydrogen-bond donors (Lipinski definition) is 1. The van der Waals surface area contributed by atoms with Gasteiger partial charge in [0.05, 0.1) is 12.8 Å². The maximum atomic E-state index is 5.72. The molecule has 4 heteroatoms. The lowest BCUT2D eigenvalue weighted by molar-refractivity contribution is 0.413. The number of nitrogens with zero attached hydrogens (tertiary/aromatic N) is 1. The van der Waals surface area contributed by atoms with Crippen LogP contribution in [0.2, 0.25) is 0 Å². The molecule has 0 fully saturated rings. The lowest BCUT2D eigenvalue weighted by Gasteiger charge is -2.07. The maximum Gasteiger partial charge on any atom is 0.134 e.